The van der Waals surface area contributed by atoms with E-state index in [1.54, 1.807) is 12.1 Å². The van der Waals surface area contributed by atoms with Crippen LogP contribution in [-0.4, -0.2) is 28.7 Å². The van der Waals surface area contributed by atoms with Gasteiger partial charge < -0.3 is 14.9 Å². The number of aliphatic hydroxyl groups excluding tert-OH is 1. The lowest BCUT2D eigenvalue weighted by Gasteiger charge is -2.10. The maximum Gasteiger partial charge on any atom is 0.163 e. The summed E-state index contributed by atoms with van der Waals surface area (Å²) in [5.41, 5.74) is 1.46. The minimum Gasteiger partial charge on any atom is -0.507 e. The predicted molar refractivity (Wildman–Crippen MR) is 62.5 cm³/mol. The Kier molecular flexibility index (Phi) is 2.90. The first-order chi connectivity index (χ1) is 8.04. The molecule has 2 rings (SSSR count). The molecule has 0 amide bonds. The SMILES string of the molecule is C=C(CO)[C@H]1Cc2c(ccc(C(C)=O)c2O)O1. The fourth-order valence-electron chi connectivity index (χ4n) is 1.92. The molecule has 0 unspecified atom stereocenters. The van der Waals surface area contributed by atoms with Crippen molar-refractivity contribution in [1.29, 1.82) is 0 Å². The first-order valence-electron chi connectivity index (χ1n) is 5.35. The van der Waals surface area contributed by atoms with Gasteiger partial charge in [0.2, 0.25) is 0 Å². The van der Waals surface area contributed by atoms with E-state index in [9.17, 15) is 9.90 Å². The summed E-state index contributed by atoms with van der Waals surface area (Å²) in [5, 5.41) is 18.9. The Labute approximate surface area is 99.2 Å². The Bertz CT molecular complexity index is 490. The maximum absolute atomic E-state index is 11.3. The second-order valence-corrected chi connectivity index (χ2v) is 4.12. The van der Waals surface area contributed by atoms with E-state index in [2.05, 4.69) is 6.58 Å². The molecule has 1 aromatic rings. The van der Waals surface area contributed by atoms with Gasteiger partial charge in [0.1, 0.15) is 17.6 Å². The first-order valence-corrected chi connectivity index (χ1v) is 5.35. The number of fused-ring (bicyclic) bond motifs is 1. The highest BCUT2D eigenvalue weighted by Gasteiger charge is 2.29. The van der Waals surface area contributed by atoms with Gasteiger partial charge >= 0.3 is 0 Å². The van der Waals surface area contributed by atoms with E-state index in [0.29, 0.717) is 28.9 Å². The molecule has 0 bridgehead atoms. The van der Waals surface area contributed by atoms with Gasteiger partial charge in [-0.05, 0) is 24.6 Å². The van der Waals surface area contributed by atoms with Crippen LogP contribution in [0.3, 0.4) is 0 Å². The lowest BCUT2D eigenvalue weighted by molar-refractivity contribution is 0.101. The summed E-state index contributed by atoms with van der Waals surface area (Å²) in [6, 6.07) is 3.21. The topological polar surface area (TPSA) is 66.8 Å². The van der Waals surface area contributed by atoms with Gasteiger partial charge in [0, 0.05) is 12.0 Å². The molecule has 0 fully saturated rings. The molecule has 0 saturated heterocycles. The summed E-state index contributed by atoms with van der Waals surface area (Å²) in [6.07, 6.45) is 0.102. The van der Waals surface area contributed by atoms with Crippen LogP contribution >= 0.6 is 0 Å². The molecule has 4 nitrogen and oxygen atoms in total. The number of aliphatic hydroxyl groups is 1. The van der Waals surface area contributed by atoms with Crippen LogP contribution in [0.15, 0.2) is 24.3 Å². The number of carbonyl (C=O) groups excluding carboxylic acids is 1. The minimum atomic E-state index is -0.330. The number of carbonyl (C=O) groups is 1. The number of hydrogen-bond acceptors (Lipinski definition) is 4. The third-order valence-electron chi connectivity index (χ3n) is 2.94. The first kappa shape index (κ1) is 11.7. The molecule has 0 spiro atoms. The van der Waals surface area contributed by atoms with Crippen molar-refractivity contribution in [2.45, 2.75) is 19.4 Å². The second kappa shape index (κ2) is 4.22. The highest BCUT2D eigenvalue weighted by Crippen LogP contribution is 2.39. The summed E-state index contributed by atoms with van der Waals surface area (Å²) in [6.45, 7) is 4.95. The molecule has 4 heteroatoms. The lowest BCUT2D eigenvalue weighted by Crippen LogP contribution is -2.17. The van der Waals surface area contributed by atoms with Crippen molar-refractivity contribution in [3.63, 3.8) is 0 Å². The van der Waals surface area contributed by atoms with E-state index >= 15 is 0 Å². The largest absolute Gasteiger partial charge is 0.507 e. The van der Waals surface area contributed by atoms with E-state index in [1.807, 2.05) is 0 Å². The Balaban J connectivity index is 2.36. The Morgan fingerprint density at radius 2 is 2.29 bits per heavy atom. The van der Waals surface area contributed by atoms with Crippen molar-refractivity contribution in [2.75, 3.05) is 6.61 Å². The van der Waals surface area contributed by atoms with Crippen molar-refractivity contribution in [1.82, 2.24) is 0 Å². The van der Waals surface area contributed by atoms with Gasteiger partial charge in [-0.3, -0.25) is 4.79 Å². The van der Waals surface area contributed by atoms with Crippen LogP contribution in [0.25, 0.3) is 0 Å². The van der Waals surface area contributed by atoms with Crippen LogP contribution in [0.4, 0.5) is 0 Å². The standard InChI is InChI=1S/C13H14O4/c1-7(6-14)12-5-10-11(17-12)4-3-9(8(2)15)13(10)16/h3-4,12,14,16H,1,5-6H2,2H3/t12-/m1/s1. The van der Waals surface area contributed by atoms with Crippen LogP contribution in [0.1, 0.15) is 22.8 Å². The molecule has 2 N–H and O–H groups in total. The minimum absolute atomic E-state index is 0.0248. The molecular formula is C13H14O4. The van der Waals surface area contributed by atoms with Gasteiger partial charge in [0.15, 0.2) is 5.78 Å². The number of hydrogen-bond donors (Lipinski definition) is 2. The third-order valence-corrected chi connectivity index (χ3v) is 2.94. The average Bonchev–Trinajstić information content (AvgIpc) is 2.72. The second-order valence-electron chi connectivity index (χ2n) is 4.12. The van der Waals surface area contributed by atoms with Crippen molar-refractivity contribution in [2.24, 2.45) is 0 Å². The monoisotopic (exact) mass is 234 g/mol. The normalized spacial score (nSPS) is 17.4. The molecule has 0 aliphatic carbocycles. The van der Waals surface area contributed by atoms with Gasteiger partial charge in [-0.15, -0.1) is 0 Å². The number of Topliss-reactive ketones (excluding diaryl/α,β-unsaturated/α-hetero) is 1. The molecule has 90 valence electrons. The van der Waals surface area contributed by atoms with Crippen LogP contribution < -0.4 is 4.74 Å². The number of aromatic hydroxyl groups is 1. The van der Waals surface area contributed by atoms with Crippen LogP contribution in [0, 0.1) is 0 Å². The van der Waals surface area contributed by atoms with Gasteiger partial charge in [-0.1, -0.05) is 6.58 Å². The van der Waals surface area contributed by atoms with Gasteiger partial charge in [-0.25, -0.2) is 0 Å². The average molecular weight is 234 g/mol. The zero-order valence-electron chi connectivity index (χ0n) is 9.56. The molecule has 1 atom stereocenters. The van der Waals surface area contributed by atoms with Crippen LogP contribution in [0.5, 0.6) is 11.5 Å². The fraction of sp³-hybridized carbons (Fsp3) is 0.308. The van der Waals surface area contributed by atoms with E-state index < -0.39 is 0 Å². The molecule has 1 aliphatic heterocycles. The maximum atomic E-state index is 11.3. The number of rotatable bonds is 3. The summed E-state index contributed by atoms with van der Waals surface area (Å²) < 4.78 is 5.54. The molecule has 1 aromatic carbocycles. The Morgan fingerprint density at radius 1 is 1.59 bits per heavy atom. The summed E-state index contributed by atoms with van der Waals surface area (Å²) in [7, 11) is 0. The zero-order valence-corrected chi connectivity index (χ0v) is 9.56. The zero-order chi connectivity index (χ0) is 12.6. The Morgan fingerprint density at radius 3 is 2.88 bits per heavy atom. The van der Waals surface area contributed by atoms with Gasteiger partial charge in [-0.2, -0.15) is 0 Å². The highest BCUT2D eigenvalue weighted by atomic mass is 16.5. The van der Waals surface area contributed by atoms with E-state index in [4.69, 9.17) is 9.84 Å². The van der Waals surface area contributed by atoms with E-state index in [1.165, 1.54) is 6.92 Å². The van der Waals surface area contributed by atoms with Gasteiger partial charge in [0.05, 0.1) is 12.2 Å². The quantitative estimate of drug-likeness (QED) is 0.613. The molecule has 17 heavy (non-hydrogen) atoms. The number of ketones is 1. The summed E-state index contributed by atoms with van der Waals surface area (Å²) in [4.78, 5) is 11.3. The molecule has 0 saturated carbocycles. The third kappa shape index (κ3) is 1.91. The predicted octanol–water partition coefficient (Wildman–Crippen LogP) is 1.45. The number of benzene rings is 1. The van der Waals surface area contributed by atoms with Gasteiger partial charge in [0.25, 0.3) is 0 Å². The summed E-state index contributed by atoms with van der Waals surface area (Å²) >= 11 is 0. The fourth-order valence-corrected chi connectivity index (χ4v) is 1.92. The van der Waals surface area contributed by atoms with Crippen molar-refractivity contribution in [3.8, 4) is 11.5 Å². The summed E-state index contributed by atoms with van der Waals surface area (Å²) in [5.74, 6) is 0.338. The number of phenolic OH excluding ortho intramolecular Hbond substituents is 1. The molecule has 1 heterocycles. The Hall–Kier alpha value is -1.81. The number of phenols is 1. The van der Waals surface area contributed by atoms with Crippen LogP contribution in [-0.2, 0) is 6.42 Å². The smallest absolute Gasteiger partial charge is 0.163 e. The van der Waals surface area contributed by atoms with Crippen molar-refractivity contribution < 1.29 is 19.7 Å². The number of ether oxygens (including phenoxy) is 1. The molecule has 0 radical (unpaired) electrons. The van der Waals surface area contributed by atoms with E-state index in [0.717, 1.165) is 0 Å². The lowest BCUT2D eigenvalue weighted by atomic mass is 10.0. The molecular weight excluding hydrogens is 220 g/mol. The van der Waals surface area contributed by atoms with E-state index in [-0.39, 0.29) is 24.2 Å². The van der Waals surface area contributed by atoms with Crippen molar-refractivity contribution >= 4 is 5.78 Å². The van der Waals surface area contributed by atoms with Crippen molar-refractivity contribution in [3.05, 3.63) is 35.4 Å². The molecule has 1 aliphatic rings. The molecule has 0 aromatic heterocycles. The van der Waals surface area contributed by atoms with Crippen LogP contribution in [0.2, 0.25) is 0 Å². The highest BCUT2D eigenvalue weighted by molar-refractivity contribution is 5.97.